The Morgan fingerprint density at radius 3 is 2.40 bits per heavy atom. The molecule has 2 saturated heterocycles. The topological polar surface area (TPSA) is 43.8 Å². The van der Waals surface area contributed by atoms with E-state index in [0.29, 0.717) is 0 Å². The molecule has 2 heterocycles. The van der Waals surface area contributed by atoms with E-state index >= 15 is 0 Å². The molecule has 0 aromatic rings. The van der Waals surface area contributed by atoms with Gasteiger partial charge in [-0.25, -0.2) is 0 Å². The second-order valence-corrected chi connectivity index (χ2v) is 6.43. The maximum atomic E-state index is 11.2. The number of hydrogen-bond donors (Lipinski definition) is 1. The SMILES string of the molecule is CCC(C(=O)O)N1CCC(CCCN2CCCC2)CC1. The van der Waals surface area contributed by atoms with Gasteiger partial charge < -0.3 is 10.0 Å². The van der Waals surface area contributed by atoms with Gasteiger partial charge in [0.05, 0.1) is 0 Å². The third-order valence-corrected chi connectivity index (χ3v) is 5.05. The lowest BCUT2D eigenvalue weighted by Gasteiger charge is -2.35. The zero-order valence-corrected chi connectivity index (χ0v) is 12.9. The van der Waals surface area contributed by atoms with E-state index < -0.39 is 5.97 Å². The Balaban J connectivity index is 1.62. The molecule has 2 aliphatic heterocycles. The molecule has 0 saturated carbocycles. The number of nitrogens with zero attached hydrogens (tertiary/aromatic N) is 2. The second kappa shape index (κ2) is 7.99. The lowest BCUT2D eigenvalue weighted by molar-refractivity contribution is -0.144. The number of likely N-dealkylation sites (tertiary alicyclic amines) is 2. The maximum Gasteiger partial charge on any atom is 0.320 e. The van der Waals surface area contributed by atoms with Crippen LogP contribution >= 0.6 is 0 Å². The van der Waals surface area contributed by atoms with E-state index in [9.17, 15) is 9.90 Å². The highest BCUT2D eigenvalue weighted by molar-refractivity contribution is 5.73. The molecule has 2 rings (SSSR count). The van der Waals surface area contributed by atoms with Crippen LogP contribution in [0.1, 0.15) is 51.9 Å². The predicted octanol–water partition coefficient (Wildman–Crippen LogP) is 2.44. The van der Waals surface area contributed by atoms with Crippen molar-refractivity contribution >= 4 is 5.97 Å². The summed E-state index contributed by atoms with van der Waals surface area (Å²) in [6.07, 6.45) is 8.50. The summed E-state index contributed by atoms with van der Waals surface area (Å²) in [4.78, 5) is 15.9. The molecule has 0 radical (unpaired) electrons. The molecule has 20 heavy (non-hydrogen) atoms. The fourth-order valence-corrected chi connectivity index (χ4v) is 3.75. The van der Waals surface area contributed by atoms with Crippen LogP contribution in [0.2, 0.25) is 0 Å². The summed E-state index contributed by atoms with van der Waals surface area (Å²) >= 11 is 0. The highest BCUT2D eigenvalue weighted by atomic mass is 16.4. The van der Waals surface area contributed by atoms with E-state index in [2.05, 4.69) is 9.80 Å². The monoisotopic (exact) mass is 282 g/mol. The first-order valence-electron chi connectivity index (χ1n) is 8.40. The molecule has 0 bridgehead atoms. The van der Waals surface area contributed by atoms with Gasteiger partial charge in [0, 0.05) is 0 Å². The van der Waals surface area contributed by atoms with Crippen LogP contribution in [0.3, 0.4) is 0 Å². The Hall–Kier alpha value is -0.610. The molecule has 4 nitrogen and oxygen atoms in total. The van der Waals surface area contributed by atoms with Crippen molar-refractivity contribution in [2.24, 2.45) is 5.92 Å². The normalized spacial score (nSPS) is 24.1. The minimum absolute atomic E-state index is 0.263. The third-order valence-electron chi connectivity index (χ3n) is 5.05. The van der Waals surface area contributed by atoms with E-state index in [0.717, 1.165) is 25.4 Å². The Labute approximate surface area is 123 Å². The molecule has 2 aliphatic rings. The molecule has 4 heteroatoms. The van der Waals surface area contributed by atoms with Gasteiger partial charge >= 0.3 is 5.97 Å². The summed E-state index contributed by atoms with van der Waals surface area (Å²) in [5.41, 5.74) is 0. The smallest absolute Gasteiger partial charge is 0.320 e. The Morgan fingerprint density at radius 2 is 1.85 bits per heavy atom. The van der Waals surface area contributed by atoms with Crippen LogP contribution in [0.25, 0.3) is 0 Å². The average molecular weight is 282 g/mol. The van der Waals surface area contributed by atoms with Gasteiger partial charge in [-0.3, -0.25) is 9.69 Å². The molecule has 0 spiro atoms. The van der Waals surface area contributed by atoms with Gasteiger partial charge in [0.2, 0.25) is 0 Å². The number of rotatable bonds is 7. The molecule has 1 unspecified atom stereocenters. The predicted molar refractivity (Wildman–Crippen MR) is 80.9 cm³/mol. The summed E-state index contributed by atoms with van der Waals surface area (Å²) in [5, 5.41) is 9.21. The van der Waals surface area contributed by atoms with Crippen molar-refractivity contribution in [2.75, 3.05) is 32.7 Å². The Morgan fingerprint density at radius 1 is 1.20 bits per heavy atom. The van der Waals surface area contributed by atoms with Crippen molar-refractivity contribution in [3.05, 3.63) is 0 Å². The first-order chi connectivity index (χ1) is 9.70. The van der Waals surface area contributed by atoms with Crippen molar-refractivity contribution in [1.29, 1.82) is 0 Å². The molecule has 0 aliphatic carbocycles. The fourth-order valence-electron chi connectivity index (χ4n) is 3.75. The maximum absolute atomic E-state index is 11.2. The number of hydrogen-bond acceptors (Lipinski definition) is 3. The molecule has 1 atom stereocenters. The summed E-state index contributed by atoms with van der Waals surface area (Å²) in [5.74, 6) is 0.167. The Bertz CT molecular complexity index is 295. The molecule has 0 amide bonds. The summed E-state index contributed by atoms with van der Waals surface area (Å²) < 4.78 is 0. The van der Waals surface area contributed by atoms with E-state index in [4.69, 9.17) is 0 Å². The van der Waals surface area contributed by atoms with Crippen LogP contribution in [0.15, 0.2) is 0 Å². The summed E-state index contributed by atoms with van der Waals surface area (Å²) in [7, 11) is 0. The number of carboxylic acid groups (broad SMARTS) is 1. The van der Waals surface area contributed by atoms with E-state index in [1.54, 1.807) is 0 Å². The summed E-state index contributed by atoms with van der Waals surface area (Å²) in [6, 6.07) is -0.263. The molecule has 2 fully saturated rings. The van der Waals surface area contributed by atoms with Crippen LogP contribution < -0.4 is 0 Å². The van der Waals surface area contributed by atoms with Crippen LogP contribution in [0, 0.1) is 5.92 Å². The zero-order chi connectivity index (χ0) is 14.4. The van der Waals surface area contributed by atoms with Crippen molar-refractivity contribution in [1.82, 2.24) is 9.80 Å². The van der Waals surface area contributed by atoms with Crippen LogP contribution in [-0.4, -0.2) is 59.6 Å². The van der Waals surface area contributed by atoms with Gasteiger partial charge in [0.25, 0.3) is 0 Å². The van der Waals surface area contributed by atoms with Crippen molar-refractivity contribution < 1.29 is 9.90 Å². The Kier molecular flexibility index (Phi) is 6.30. The van der Waals surface area contributed by atoms with Gasteiger partial charge in [-0.2, -0.15) is 0 Å². The molecule has 1 N–H and O–H groups in total. The number of piperidine rings is 1. The van der Waals surface area contributed by atoms with Crippen molar-refractivity contribution in [3.8, 4) is 0 Å². The lowest BCUT2D eigenvalue weighted by Crippen LogP contribution is -2.45. The molecular formula is C16H30N2O2. The fraction of sp³-hybridized carbons (Fsp3) is 0.938. The van der Waals surface area contributed by atoms with Crippen molar-refractivity contribution in [2.45, 2.75) is 57.9 Å². The second-order valence-electron chi connectivity index (χ2n) is 6.43. The highest BCUT2D eigenvalue weighted by Crippen LogP contribution is 2.24. The molecule has 0 aromatic carbocycles. The van der Waals surface area contributed by atoms with Crippen LogP contribution in [-0.2, 0) is 4.79 Å². The number of aliphatic carboxylic acids is 1. The largest absolute Gasteiger partial charge is 0.480 e. The molecular weight excluding hydrogens is 252 g/mol. The molecule has 0 aromatic heterocycles. The summed E-state index contributed by atoms with van der Waals surface area (Å²) in [6.45, 7) is 7.79. The van der Waals surface area contributed by atoms with E-state index in [-0.39, 0.29) is 6.04 Å². The third kappa shape index (κ3) is 4.45. The number of carbonyl (C=O) groups is 1. The minimum Gasteiger partial charge on any atom is -0.480 e. The first kappa shape index (κ1) is 15.8. The average Bonchev–Trinajstić information content (AvgIpc) is 2.94. The van der Waals surface area contributed by atoms with E-state index in [1.807, 2.05) is 6.92 Å². The zero-order valence-electron chi connectivity index (χ0n) is 12.9. The molecule has 116 valence electrons. The lowest BCUT2D eigenvalue weighted by atomic mass is 9.91. The van der Waals surface area contributed by atoms with Gasteiger partial charge in [0.15, 0.2) is 0 Å². The first-order valence-corrected chi connectivity index (χ1v) is 8.40. The van der Waals surface area contributed by atoms with Crippen LogP contribution in [0.4, 0.5) is 0 Å². The van der Waals surface area contributed by atoms with E-state index in [1.165, 1.54) is 58.2 Å². The number of carboxylic acids is 1. The van der Waals surface area contributed by atoms with Crippen LogP contribution in [0.5, 0.6) is 0 Å². The highest BCUT2D eigenvalue weighted by Gasteiger charge is 2.28. The van der Waals surface area contributed by atoms with Crippen molar-refractivity contribution in [3.63, 3.8) is 0 Å². The standard InChI is InChI=1S/C16H30N2O2/c1-2-15(16(19)20)18-12-7-14(8-13-18)6-5-11-17-9-3-4-10-17/h14-15H,2-13H2,1H3,(H,19,20). The minimum atomic E-state index is -0.653. The van der Waals surface area contributed by atoms with Gasteiger partial charge in [-0.1, -0.05) is 6.92 Å². The van der Waals surface area contributed by atoms with Gasteiger partial charge in [0.1, 0.15) is 6.04 Å². The van der Waals surface area contributed by atoms with Gasteiger partial charge in [-0.15, -0.1) is 0 Å². The quantitative estimate of drug-likeness (QED) is 0.779. The van der Waals surface area contributed by atoms with Gasteiger partial charge in [-0.05, 0) is 83.6 Å².